The summed E-state index contributed by atoms with van der Waals surface area (Å²) in [6.07, 6.45) is 1.56. The third-order valence-corrected chi connectivity index (χ3v) is 3.44. The van der Waals surface area contributed by atoms with Gasteiger partial charge in [0.2, 0.25) is 0 Å². The van der Waals surface area contributed by atoms with Gasteiger partial charge in [0.05, 0.1) is 0 Å². The Hall–Kier alpha value is -1.68. The monoisotopic (exact) mass is 258 g/mol. The lowest BCUT2D eigenvalue weighted by atomic mass is 9.97. The minimum absolute atomic E-state index is 0.606. The predicted molar refractivity (Wildman–Crippen MR) is 77.2 cm³/mol. The molecule has 0 amide bonds. The van der Waals surface area contributed by atoms with Gasteiger partial charge < -0.3 is 5.73 Å². The number of nitrogens with zero attached hydrogens (tertiary/aromatic N) is 3. The molecule has 0 saturated heterocycles. The summed E-state index contributed by atoms with van der Waals surface area (Å²) >= 11 is 0. The van der Waals surface area contributed by atoms with E-state index in [0.29, 0.717) is 6.54 Å². The molecule has 0 radical (unpaired) electrons. The molecule has 1 aromatic carbocycles. The van der Waals surface area contributed by atoms with Crippen LogP contribution in [0.5, 0.6) is 0 Å². The van der Waals surface area contributed by atoms with Crippen molar-refractivity contribution in [1.82, 2.24) is 14.8 Å². The normalized spacial score (nSPS) is 11.0. The minimum atomic E-state index is 0.606. The van der Waals surface area contributed by atoms with E-state index in [1.807, 2.05) is 11.7 Å². The van der Waals surface area contributed by atoms with Crippen LogP contribution in [0.2, 0.25) is 0 Å². The van der Waals surface area contributed by atoms with E-state index in [9.17, 15) is 0 Å². The van der Waals surface area contributed by atoms with Crippen molar-refractivity contribution in [3.05, 3.63) is 46.0 Å². The molecule has 1 aromatic heterocycles. The number of aryl methyl sites for hydroxylation is 4. The van der Waals surface area contributed by atoms with Crippen molar-refractivity contribution in [1.29, 1.82) is 0 Å². The van der Waals surface area contributed by atoms with Crippen molar-refractivity contribution in [2.24, 2.45) is 12.8 Å². The maximum absolute atomic E-state index is 5.58. The van der Waals surface area contributed by atoms with Gasteiger partial charge in [0.15, 0.2) is 5.82 Å². The molecule has 19 heavy (non-hydrogen) atoms. The number of hydrogen-bond donors (Lipinski definition) is 1. The van der Waals surface area contributed by atoms with Crippen molar-refractivity contribution in [2.75, 3.05) is 6.54 Å². The highest BCUT2D eigenvalue weighted by atomic mass is 15.3. The molecule has 0 aliphatic carbocycles. The Balaban J connectivity index is 2.29. The molecule has 0 aliphatic heterocycles. The van der Waals surface area contributed by atoms with Crippen LogP contribution in [-0.2, 0) is 19.9 Å². The van der Waals surface area contributed by atoms with Gasteiger partial charge in [0.1, 0.15) is 5.82 Å². The van der Waals surface area contributed by atoms with Gasteiger partial charge in [0, 0.05) is 19.9 Å². The SMILES string of the molecule is Cc1cc(C)c(Cc2nc(CCN)n(C)n2)c(C)c1. The molecular weight excluding hydrogens is 236 g/mol. The maximum atomic E-state index is 5.58. The summed E-state index contributed by atoms with van der Waals surface area (Å²) in [4.78, 5) is 4.57. The van der Waals surface area contributed by atoms with Gasteiger partial charge in [-0.3, -0.25) is 4.68 Å². The summed E-state index contributed by atoms with van der Waals surface area (Å²) in [6, 6.07) is 4.43. The maximum Gasteiger partial charge on any atom is 0.155 e. The summed E-state index contributed by atoms with van der Waals surface area (Å²) in [5.41, 5.74) is 10.8. The van der Waals surface area contributed by atoms with Crippen molar-refractivity contribution >= 4 is 0 Å². The zero-order chi connectivity index (χ0) is 14.0. The highest BCUT2D eigenvalue weighted by Gasteiger charge is 2.10. The molecule has 0 aliphatic rings. The predicted octanol–water partition coefficient (Wildman–Crippen LogP) is 1.83. The second kappa shape index (κ2) is 5.53. The first-order valence-electron chi connectivity index (χ1n) is 6.67. The van der Waals surface area contributed by atoms with Crippen LogP contribution >= 0.6 is 0 Å². The van der Waals surface area contributed by atoms with E-state index in [2.05, 4.69) is 43.0 Å². The van der Waals surface area contributed by atoms with Gasteiger partial charge in [-0.2, -0.15) is 5.10 Å². The lowest BCUT2D eigenvalue weighted by Gasteiger charge is -2.09. The Morgan fingerprint density at radius 3 is 2.37 bits per heavy atom. The molecule has 4 heteroatoms. The molecule has 2 N–H and O–H groups in total. The molecule has 0 bridgehead atoms. The van der Waals surface area contributed by atoms with E-state index in [1.54, 1.807) is 0 Å². The topological polar surface area (TPSA) is 56.7 Å². The van der Waals surface area contributed by atoms with Crippen molar-refractivity contribution in [3.63, 3.8) is 0 Å². The Labute approximate surface area is 114 Å². The molecule has 0 saturated carbocycles. The molecule has 102 valence electrons. The quantitative estimate of drug-likeness (QED) is 0.910. The first-order chi connectivity index (χ1) is 9.01. The Morgan fingerprint density at radius 2 is 1.79 bits per heavy atom. The number of aromatic nitrogens is 3. The molecule has 0 spiro atoms. The largest absolute Gasteiger partial charge is 0.330 e. The third kappa shape index (κ3) is 3.01. The Bertz CT molecular complexity index is 561. The summed E-state index contributed by atoms with van der Waals surface area (Å²) in [7, 11) is 1.93. The van der Waals surface area contributed by atoms with Crippen LogP contribution in [0.3, 0.4) is 0 Å². The average Bonchev–Trinajstić information content (AvgIpc) is 2.65. The van der Waals surface area contributed by atoms with Crippen LogP contribution in [0.25, 0.3) is 0 Å². The Morgan fingerprint density at radius 1 is 1.16 bits per heavy atom. The molecule has 0 atom stereocenters. The molecule has 2 rings (SSSR count). The molecule has 0 fully saturated rings. The lowest BCUT2D eigenvalue weighted by molar-refractivity contribution is 0.691. The second-order valence-electron chi connectivity index (χ2n) is 5.16. The van der Waals surface area contributed by atoms with E-state index < -0.39 is 0 Å². The van der Waals surface area contributed by atoms with E-state index in [-0.39, 0.29) is 0 Å². The standard InChI is InChI=1S/C15H22N4/c1-10-7-11(2)13(12(3)8-10)9-14-17-15(5-6-16)19(4)18-14/h7-8H,5-6,9,16H2,1-4H3. The fourth-order valence-corrected chi connectivity index (χ4v) is 2.54. The van der Waals surface area contributed by atoms with Gasteiger partial charge in [0.25, 0.3) is 0 Å². The van der Waals surface area contributed by atoms with Crippen LogP contribution in [0, 0.1) is 20.8 Å². The highest BCUT2D eigenvalue weighted by Crippen LogP contribution is 2.19. The van der Waals surface area contributed by atoms with Crippen LogP contribution in [0.1, 0.15) is 33.9 Å². The average molecular weight is 258 g/mol. The minimum Gasteiger partial charge on any atom is -0.330 e. The number of rotatable bonds is 4. The molecule has 0 unspecified atom stereocenters. The van der Waals surface area contributed by atoms with Gasteiger partial charge in [-0.1, -0.05) is 17.7 Å². The summed E-state index contributed by atoms with van der Waals surface area (Å²) < 4.78 is 1.83. The summed E-state index contributed by atoms with van der Waals surface area (Å²) in [6.45, 7) is 7.04. The summed E-state index contributed by atoms with van der Waals surface area (Å²) in [5, 5.41) is 4.48. The number of nitrogens with two attached hydrogens (primary N) is 1. The third-order valence-electron chi connectivity index (χ3n) is 3.44. The van der Waals surface area contributed by atoms with Gasteiger partial charge in [-0.15, -0.1) is 0 Å². The van der Waals surface area contributed by atoms with Crippen LogP contribution in [-0.4, -0.2) is 21.3 Å². The number of benzene rings is 1. The lowest BCUT2D eigenvalue weighted by Crippen LogP contribution is -2.08. The molecule has 1 heterocycles. The van der Waals surface area contributed by atoms with E-state index in [4.69, 9.17) is 5.73 Å². The van der Waals surface area contributed by atoms with Gasteiger partial charge in [-0.25, -0.2) is 4.98 Å². The van der Waals surface area contributed by atoms with Crippen molar-refractivity contribution in [2.45, 2.75) is 33.6 Å². The fourth-order valence-electron chi connectivity index (χ4n) is 2.54. The van der Waals surface area contributed by atoms with E-state index >= 15 is 0 Å². The smallest absolute Gasteiger partial charge is 0.155 e. The first-order valence-corrected chi connectivity index (χ1v) is 6.67. The highest BCUT2D eigenvalue weighted by molar-refractivity contribution is 5.39. The van der Waals surface area contributed by atoms with Gasteiger partial charge >= 0.3 is 0 Å². The second-order valence-corrected chi connectivity index (χ2v) is 5.16. The van der Waals surface area contributed by atoms with Crippen molar-refractivity contribution in [3.8, 4) is 0 Å². The van der Waals surface area contributed by atoms with E-state index in [0.717, 1.165) is 24.5 Å². The van der Waals surface area contributed by atoms with E-state index in [1.165, 1.54) is 22.3 Å². The van der Waals surface area contributed by atoms with Crippen LogP contribution in [0.4, 0.5) is 0 Å². The molecule has 2 aromatic rings. The van der Waals surface area contributed by atoms with Gasteiger partial charge in [-0.05, 0) is 44.0 Å². The fraction of sp³-hybridized carbons (Fsp3) is 0.467. The Kier molecular flexibility index (Phi) is 4.00. The zero-order valence-corrected chi connectivity index (χ0v) is 12.2. The van der Waals surface area contributed by atoms with Crippen LogP contribution < -0.4 is 5.73 Å². The molecule has 4 nitrogen and oxygen atoms in total. The molecular formula is C15H22N4. The summed E-state index contributed by atoms with van der Waals surface area (Å²) in [5.74, 6) is 1.83. The van der Waals surface area contributed by atoms with Crippen LogP contribution in [0.15, 0.2) is 12.1 Å². The first kappa shape index (κ1) is 13.7. The van der Waals surface area contributed by atoms with Crippen molar-refractivity contribution < 1.29 is 0 Å². The number of hydrogen-bond acceptors (Lipinski definition) is 3. The zero-order valence-electron chi connectivity index (χ0n) is 12.2.